The molecule has 1 atom stereocenters. The van der Waals surface area contributed by atoms with Crippen LogP contribution in [-0.4, -0.2) is 48.2 Å². The molecule has 23 heavy (non-hydrogen) atoms. The summed E-state index contributed by atoms with van der Waals surface area (Å²) in [6, 6.07) is 1.72. The van der Waals surface area contributed by atoms with Gasteiger partial charge in [0.15, 0.2) is 5.82 Å². The van der Waals surface area contributed by atoms with Crippen molar-refractivity contribution in [2.75, 3.05) is 25.5 Å². The molecule has 1 heterocycles. The van der Waals surface area contributed by atoms with Crippen molar-refractivity contribution in [2.24, 2.45) is 5.92 Å². The maximum absolute atomic E-state index is 13.8. The highest BCUT2D eigenvalue weighted by Crippen LogP contribution is 2.25. The Morgan fingerprint density at radius 3 is 2.70 bits per heavy atom. The van der Waals surface area contributed by atoms with Gasteiger partial charge >= 0.3 is 18.0 Å². The van der Waals surface area contributed by atoms with Gasteiger partial charge in [0, 0.05) is 18.8 Å². The first kappa shape index (κ1) is 17.0. The smallest absolute Gasteiger partial charge is 0.340 e. The van der Waals surface area contributed by atoms with Gasteiger partial charge in [0.2, 0.25) is 0 Å². The summed E-state index contributed by atoms with van der Waals surface area (Å²) in [5.41, 5.74) is -0.291. The molecule has 0 saturated carbocycles. The lowest BCUT2D eigenvalue weighted by molar-refractivity contribution is -0.141. The van der Waals surface area contributed by atoms with E-state index >= 15 is 0 Å². The van der Waals surface area contributed by atoms with Gasteiger partial charge in [-0.25, -0.2) is 14.0 Å². The second-order valence-corrected chi connectivity index (χ2v) is 5.42. The molecule has 1 aliphatic heterocycles. The Kier molecular flexibility index (Phi) is 5.05. The Labute approximate surface area is 136 Å². The lowest BCUT2D eigenvalue weighted by Crippen LogP contribution is -2.33. The Hall–Kier alpha value is -2.35. The molecule has 0 aliphatic carbocycles. The molecule has 0 aromatic heterocycles. The molecule has 124 valence electrons. The summed E-state index contributed by atoms with van der Waals surface area (Å²) in [7, 11) is 1.09. The van der Waals surface area contributed by atoms with Crippen LogP contribution in [-0.2, 0) is 9.53 Å². The van der Waals surface area contributed by atoms with Gasteiger partial charge in [-0.3, -0.25) is 4.79 Å². The number of urea groups is 1. The molecule has 1 aromatic carbocycles. The van der Waals surface area contributed by atoms with Crippen LogP contribution >= 0.6 is 11.6 Å². The number of nitrogens with one attached hydrogen (secondary N) is 1. The van der Waals surface area contributed by atoms with E-state index in [2.05, 4.69) is 10.1 Å². The maximum atomic E-state index is 13.8. The maximum Gasteiger partial charge on any atom is 0.340 e. The van der Waals surface area contributed by atoms with Crippen molar-refractivity contribution in [3.63, 3.8) is 0 Å². The second kappa shape index (κ2) is 6.82. The highest BCUT2D eigenvalue weighted by Gasteiger charge is 2.31. The van der Waals surface area contributed by atoms with Crippen LogP contribution < -0.4 is 5.32 Å². The quantitative estimate of drug-likeness (QED) is 0.819. The van der Waals surface area contributed by atoms with Gasteiger partial charge in [-0.05, 0) is 18.6 Å². The van der Waals surface area contributed by atoms with E-state index in [9.17, 15) is 18.8 Å². The molecule has 2 N–H and O–H groups in total. The number of aliphatic carboxylic acids is 1. The molecule has 0 radical (unpaired) electrons. The number of hydrogen-bond donors (Lipinski definition) is 2. The summed E-state index contributed by atoms with van der Waals surface area (Å²) in [6.07, 6.45) is 0.361. The number of carboxylic acid groups (broad SMARTS) is 1. The number of amides is 2. The SMILES string of the molecule is COC(=O)c1cc(NC(=O)N2CCC(C(=O)O)C2)cc(Cl)c1F. The number of nitrogens with zero attached hydrogens (tertiary/aromatic N) is 1. The molecule has 1 fully saturated rings. The van der Waals surface area contributed by atoms with E-state index in [1.165, 1.54) is 4.90 Å². The number of carbonyl (C=O) groups excluding carboxylic acids is 2. The van der Waals surface area contributed by atoms with Crippen LogP contribution in [0.15, 0.2) is 12.1 Å². The lowest BCUT2D eigenvalue weighted by atomic mass is 10.1. The Morgan fingerprint density at radius 1 is 1.43 bits per heavy atom. The second-order valence-electron chi connectivity index (χ2n) is 5.01. The molecule has 9 heteroatoms. The van der Waals surface area contributed by atoms with E-state index in [4.69, 9.17) is 16.7 Å². The van der Waals surface area contributed by atoms with Gasteiger partial charge in [0.25, 0.3) is 0 Å². The monoisotopic (exact) mass is 344 g/mol. The lowest BCUT2D eigenvalue weighted by Gasteiger charge is -2.17. The fraction of sp³-hybridized carbons (Fsp3) is 0.357. The first-order valence-corrected chi connectivity index (χ1v) is 7.07. The van der Waals surface area contributed by atoms with Gasteiger partial charge in [-0.2, -0.15) is 0 Å². The van der Waals surface area contributed by atoms with Crippen molar-refractivity contribution in [1.82, 2.24) is 4.90 Å². The molecular weight excluding hydrogens is 331 g/mol. The number of carboxylic acids is 1. The molecule has 2 rings (SSSR count). The highest BCUT2D eigenvalue weighted by molar-refractivity contribution is 6.31. The van der Waals surface area contributed by atoms with Crippen LogP contribution in [0.25, 0.3) is 0 Å². The number of methoxy groups -OCH3 is 1. The van der Waals surface area contributed by atoms with E-state index in [0.717, 1.165) is 19.2 Å². The van der Waals surface area contributed by atoms with E-state index in [1.54, 1.807) is 0 Å². The molecule has 0 bridgehead atoms. The zero-order valence-corrected chi connectivity index (χ0v) is 12.9. The molecule has 1 aliphatic rings. The van der Waals surface area contributed by atoms with Crippen molar-refractivity contribution in [2.45, 2.75) is 6.42 Å². The third-order valence-electron chi connectivity index (χ3n) is 3.51. The molecule has 7 nitrogen and oxygen atoms in total. The van der Waals surface area contributed by atoms with Gasteiger partial charge in [0.05, 0.1) is 23.6 Å². The first-order valence-electron chi connectivity index (χ1n) is 6.69. The van der Waals surface area contributed by atoms with E-state index in [1.807, 2.05) is 0 Å². The van der Waals surface area contributed by atoms with Crippen molar-refractivity contribution >= 4 is 35.3 Å². The summed E-state index contributed by atoms with van der Waals surface area (Å²) in [5.74, 6) is -3.43. The number of rotatable bonds is 3. The van der Waals surface area contributed by atoms with Gasteiger partial charge in [-0.15, -0.1) is 0 Å². The van der Waals surface area contributed by atoms with Crippen molar-refractivity contribution in [3.8, 4) is 0 Å². The zero-order chi connectivity index (χ0) is 17.1. The number of halogens is 2. The van der Waals surface area contributed by atoms with Gasteiger partial charge < -0.3 is 20.1 Å². The minimum Gasteiger partial charge on any atom is -0.481 e. The van der Waals surface area contributed by atoms with Gasteiger partial charge in [0.1, 0.15) is 0 Å². The fourth-order valence-corrected chi connectivity index (χ4v) is 2.49. The standard InChI is InChI=1S/C14H14ClFN2O5/c1-23-13(21)9-4-8(5-10(15)11(9)16)17-14(22)18-3-2-7(6-18)12(19)20/h4-5,7H,2-3,6H2,1H3,(H,17,22)(H,19,20). The van der Waals surface area contributed by atoms with E-state index in [0.29, 0.717) is 13.0 Å². The number of ether oxygens (including phenoxy) is 1. The van der Waals surface area contributed by atoms with Crippen LogP contribution in [0, 0.1) is 11.7 Å². The third-order valence-corrected chi connectivity index (χ3v) is 3.78. The predicted molar refractivity (Wildman–Crippen MR) is 79.1 cm³/mol. The fourth-order valence-electron chi connectivity index (χ4n) is 2.27. The van der Waals surface area contributed by atoms with E-state index < -0.39 is 35.3 Å². The summed E-state index contributed by atoms with van der Waals surface area (Å²) < 4.78 is 18.2. The minimum absolute atomic E-state index is 0.0833. The summed E-state index contributed by atoms with van der Waals surface area (Å²) in [5, 5.41) is 11.1. The number of likely N-dealkylation sites (tertiary alicyclic amines) is 1. The molecule has 1 unspecified atom stereocenters. The van der Waals surface area contributed by atoms with Crippen LogP contribution in [0.3, 0.4) is 0 Å². The summed E-state index contributed by atoms with van der Waals surface area (Å²) in [4.78, 5) is 35.8. The average Bonchev–Trinajstić information content (AvgIpc) is 3.00. The number of anilines is 1. The average molecular weight is 345 g/mol. The Bertz CT molecular complexity index is 667. The van der Waals surface area contributed by atoms with Crippen LogP contribution in [0.2, 0.25) is 5.02 Å². The normalized spacial score (nSPS) is 17.0. The number of benzene rings is 1. The van der Waals surface area contributed by atoms with Crippen LogP contribution in [0.5, 0.6) is 0 Å². The number of carbonyl (C=O) groups is 3. The molecule has 1 aromatic rings. The molecule has 0 spiro atoms. The van der Waals surface area contributed by atoms with Crippen molar-refractivity contribution < 1.29 is 28.6 Å². The van der Waals surface area contributed by atoms with E-state index in [-0.39, 0.29) is 17.3 Å². The largest absolute Gasteiger partial charge is 0.481 e. The molecular formula is C14H14ClFN2O5. The minimum atomic E-state index is -0.960. The van der Waals surface area contributed by atoms with Crippen molar-refractivity contribution in [1.29, 1.82) is 0 Å². The summed E-state index contributed by atoms with van der Waals surface area (Å²) in [6.45, 7) is 0.377. The summed E-state index contributed by atoms with van der Waals surface area (Å²) >= 11 is 5.70. The predicted octanol–water partition coefficient (Wildman–Crippen LogP) is 2.20. The van der Waals surface area contributed by atoms with Crippen LogP contribution in [0.4, 0.5) is 14.9 Å². The van der Waals surface area contributed by atoms with Crippen molar-refractivity contribution in [3.05, 3.63) is 28.5 Å². The Balaban J connectivity index is 2.14. The Morgan fingerprint density at radius 2 is 2.13 bits per heavy atom. The number of hydrogen-bond acceptors (Lipinski definition) is 4. The molecule has 2 amide bonds. The number of esters is 1. The van der Waals surface area contributed by atoms with Gasteiger partial charge in [-0.1, -0.05) is 11.6 Å². The molecule has 1 saturated heterocycles. The third kappa shape index (κ3) is 3.70. The zero-order valence-electron chi connectivity index (χ0n) is 12.1. The first-order chi connectivity index (χ1) is 10.8. The van der Waals surface area contributed by atoms with Crippen LogP contribution in [0.1, 0.15) is 16.8 Å². The topological polar surface area (TPSA) is 95.9 Å². The highest BCUT2D eigenvalue weighted by atomic mass is 35.5.